The largest absolute Gasteiger partial charge is 0.534 e. The summed E-state index contributed by atoms with van der Waals surface area (Å²) in [4.78, 5) is 39.1. The Kier molecular flexibility index (Phi) is 3.40. The lowest BCUT2D eigenvalue weighted by molar-refractivity contribution is -0.177. The highest BCUT2D eigenvalue weighted by Gasteiger charge is 2.54. The Labute approximate surface area is 117 Å². The second-order valence-electron chi connectivity index (χ2n) is 6.11. The number of ether oxygens (including phenoxy) is 1. The van der Waals surface area contributed by atoms with Gasteiger partial charge in [0.1, 0.15) is 6.10 Å². The summed E-state index contributed by atoms with van der Waals surface area (Å²) in [6.45, 7) is 2.22. The molecule has 0 radical (unpaired) electrons. The Morgan fingerprint density at radius 2 is 1.85 bits per heavy atom. The first-order chi connectivity index (χ1) is 9.56. The molecule has 1 aliphatic heterocycles. The normalized spacial score (nSPS) is 36.4. The minimum atomic E-state index is -0.931. The van der Waals surface area contributed by atoms with Gasteiger partial charge in [-0.05, 0) is 18.8 Å². The van der Waals surface area contributed by atoms with Crippen molar-refractivity contribution >= 4 is 18.0 Å². The van der Waals surface area contributed by atoms with Gasteiger partial charge in [0.05, 0.1) is 0 Å². The number of hydrogen-bond acceptors (Lipinski definition) is 5. The minimum absolute atomic E-state index is 0.0955. The third-order valence-corrected chi connectivity index (χ3v) is 4.57. The summed E-state index contributed by atoms with van der Waals surface area (Å²) < 4.78 is 5.26. The van der Waals surface area contributed by atoms with Crippen molar-refractivity contribution in [2.45, 2.75) is 51.6 Å². The van der Waals surface area contributed by atoms with Gasteiger partial charge in [0, 0.05) is 24.7 Å². The van der Waals surface area contributed by atoms with Crippen molar-refractivity contribution in [3.05, 3.63) is 0 Å². The van der Waals surface area contributed by atoms with Gasteiger partial charge in [0.2, 0.25) is 0 Å². The molecular weight excluding hydrogens is 262 g/mol. The van der Waals surface area contributed by atoms with Crippen molar-refractivity contribution in [2.24, 2.45) is 17.8 Å². The predicted octanol–water partition coefficient (Wildman–Crippen LogP) is 2.03. The third-order valence-electron chi connectivity index (χ3n) is 4.57. The van der Waals surface area contributed by atoms with Gasteiger partial charge in [-0.1, -0.05) is 24.8 Å². The third kappa shape index (κ3) is 2.51. The zero-order chi connectivity index (χ0) is 14.3. The standard InChI is InChI=1S/C14H19NO5/c1-8-3-2-4-9-10(7-8)13(9)19-14(18)20-15-11(16)5-6-12(15)17/h8-10,13H,2-7H2,1H3. The lowest BCUT2D eigenvalue weighted by atomic mass is 10.0. The molecule has 3 aliphatic rings. The Morgan fingerprint density at radius 1 is 1.15 bits per heavy atom. The molecule has 3 fully saturated rings. The first-order valence-corrected chi connectivity index (χ1v) is 7.30. The molecule has 0 aromatic heterocycles. The summed E-state index contributed by atoms with van der Waals surface area (Å²) in [5.41, 5.74) is 0. The Bertz CT molecular complexity index is 433. The molecule has 2 saturated carbocycles. The van der Waals surface area contributed by atoms with Gasteiger partial charge in [-0.2, -0.15) is 0 Å². The highest BCUT2D eigenvalue weighted by atomic mass is 16.8. The Hall–Kier alpha value is -1.59. The molecule has 1 saturated heterocycles. The van der Waals surface area contributed by atoms with E-state index in [1.54, 1.807) is 0 Å². The number of fused-ring (bicyclic) bond motifs is 1. The molecule has 6 nitrogen and oxygen atoms in total. The van der Waals surface area contributed by atoms with Crippen molar-refractivity contribution in [1.82, 2.24) is 5.06 Å². The van der Waals surface area contributed by atoms with Gasteiger partial charge < -0.3 is 4.74 Å². The van der Waals surface area contributed by atoms with E-state index in [1.165, 1.54) is 12.8 Å². The van der Waals surface area contributed by atoms with Gasteiger partial charge in [-0.15, -0.1) is 0 Å². The highest BCUT2D eigenvalue weighted by Crippen LogP contribution is 2.51. The molecule has 0 bridgehead atoms. The Balaban J connectivity index is 1.51. The van der Waals surface area contributed by atoms with Gasteiger partial charge in [0.15, 0.2) is 0 Å². The zero-order valence-corrected chi connectivity index (χ0v) is 11.5. The second kappa shape index (κ2) is 5.07. The van der Waals surface area contributed by atoms with Crippen LogP contribution in [0, 0.1) is 17.8 Å². The van der Waals surface area contributed by atoms with Gasteiger partial charge in [-0.25, -0.2) is 4.79 Å². The van der Waals surface area contributed by atoms with Crippen LogP contribution in [-0.2, 0) is 19.2 Å². The smallest absolute Gasteiger partial charge is 0.429 e. The SMILES string of the molecule is CC1CCCC2C(C1)C2OC(=O)ON1C(=O)CCC1=O. The lowest BCUT2D eigenvalue weighted by Crippen LogP contribution is -2.32. The molecule has 0 aromatic rings. The van der Waals surface area contributed by atoms with Crippen LogP contribution in [0.4, 0.5) is 4.79 Å². The van der Waals surface area contributed by atoms with Crippen molar-refractivity contribution in [3.63, 3.8) is 0 Å². The summed E-state index contributed by atoms with van der Waals surface area (Å²) in [5, 5.41) is 0.531. The van der Waals surface area contributed by atoms with Crippen molar-refractivity contribution in [1.29, 1.82) is 0 Å². The molecular formula is C14H19NO5. The van der Waals surface area contributed by atoms with E-state index in [4.69, 9.17) is 9.57 Å². The molecule has 3 rings (SSSR count). The molecule has 110 valence electrons. The van der Waals surface area contributed by atoms with E-state index >= 15 is 0 Å². The molecule has 6 heteroatoms. The molecule has 4 atom stereocenters. The summed E-state index contributed by atoms with van der Waals surface area (Å²) in [7, 11) is 0. The molecule has 0 spiro atoms. The fourth-order valence-corrected chi connectivity index (χ4v) is 3.42. The van der Waals surface area contributed by atoms with Crippen LogP contribution in [0.25, 0.3) is 0 Å². The number of imide groups is 1. The number of nitrogens with zero attached hydrogens (tertiary/aromatic N) is 1. The molecule has 20 heavy (non-hydrogen) atoms. The maximum absolute atomic E-state index is 11.7. The molecule has 2 aliphatic carbocycles. The maximum Gasteiger partial charge on any atom is 0.534 e. The van der Waals surface area contributed by atoms with Gasteiger partial charge >= 0.3 is 6.16 Å². The summed E-state index contributed by atoms with van der Waals surface area (Å²) in [6, 6.07) is 0. The first kappa shape index (κ1) is 13.4. The van der Waals surface area contributed by atoms with E-state index in [0.717, 1.165) is 12.8 Å². The summed E-state index contributed by atoms with van der Waals surface area (Å²) >= 11 is 0. The van der Waals surface area contributed by atoms with Crippen molar-refractivity contribution in [3.8, 4) is 0 Å². The van der Waals surface area contributed by atoms with Crippen molar-refractivity contribution in [2.75, 3.05) is 0 Å². The number of rotatable bonds is 2. The second-order valence-corrected chi connectivity index (χ2v) is 6.11. The molecule has 4 unspecified atom stereocenters. The van der Waals surface area contributed by atoms with Crippen LogP contribution >= 0.6 is 0 Å². The fourth-order valence-electron chi connectivity index (χ4n) is 3.42. The number of hydrogen-bond donors (Lipinski definition) is 0. The topological polar surface area (TPSA) is 72.9 Å². The lowest BCUT2D eigenvalue weighted by Gasteiger charge is -2.13. The van der Waals surface area contributed by atoms with Crippen molar-refractivity contribution < 1.29 is 24.0 Å². The van der Waals surface area contributed by atoms with Crippen LogP contribution in [0.1, 0.15) is 45.4 Å². The number of carbonyl (C=O) groups excluding carboxylic acids is 3. The maximum atomic E-state index is 11.7. The van der Waals surface area contributed by atoms with Crippen LogP contribution in [0.5, 0.6) is 0 Å². The highest BCUT2D eigenvalue weighted by molar-refractivity contribution is 6.01. The van der Waals surface area contributed by atoms with E-state index in [1.807, 2.05) is 0 Å². The Morgan fingerprint density at radius 3 is 2.55 bits per heavy atom. The average Bonchev–Trinajstić information content (AvgIpc) is 2.98. The fraction of sp³-hybridized carbons (Fsp3) is 0.786. The average molecular weight is 281 g/mol. The van der Waals surface area contributed by atoms with E-state index in [-0.39, 0.29) is 18.9 Å². The van der Waals surface area contributed by atoms with Gasteiger partial charge in [-0.3, -0.25) is 14.4 Å². The first-order valence-electron chi connectivity index (χ1n) is 7.30. The zero-order valence-electron chi connectivity index (χ0n) is 11.5. The van der Waals surface area contributed by atoms with E-state index in [0.29, 0.717) is 22.8 Å². The number of hydroxylamine groups is 2. The molecule has 0 aromatic carbocycles. The van der Waals surface area contributed by atoms with Crippen LogP contribution in [-0.4, -0.2) is 29.1 Å². The van der Waals surface area contributed by atoms with Crippen LogP contribution in [0.2, 0.25) is 0 Å². The molecule has 2 amide bonds. The monoisotopic (exact) mass is 281 g/mol. The minimum Gasteiger partial charge on any atom is -0.429 e. The van der Waals surface area contributed by atoms with Crippen LogP contribution in [0.3, 0.4) is 0 Å². The van der Waals surface area contributed by atoms with Crippen LogP contribution < -0.4 is 0 Å². The van der Waals surface area contributed by atoms with E-state index < -0.39 is 18.0 Å². The quantitative estimate of drug-likeness (QED) is 0.572. The van der Waals surface area contributed by atoms with E-state index in [2.05, 4.69) is 6.92 Å². The van der Waals surface area contributed by atoms with Crippen LogP contribution in [0.15, 0.2) is 0 Å². The molecule has 0 N–H and O–H groups in total. The van der Waals surface area contributed by atoms with Gasteiger partial charge in [0.25, 0.3) is 11.8 Å². The summed E-state index contributed by atoms with van der Waals surface area (Å²) in [5.74, 6) is 0.551. The van der Waals surface area contributed by atoms with E-state index in [9.17, 15) is 14.4 Å². The number of amides is 2. The predicted molar refractivity (Wildman–Crippen MR) is 67.1 cm³/mol. The molecule has 1 heterocycles. The summed E-state index contributed by atoms with van der Waals surface area (Å²) in [6.07, 6.45) is 3.72. The number of carbonyl (C=O) groups is 3.